The number of sulfonamides is 1. The molecular weight excluding hydrogens is 368 g/mol. The number of carbonyl (C=O) groups excluding carboxylic acids is 2. The fourth-order valence-electron chi connectivity index (χ4n) is 2.92. The molecule has 142 valence electrons. The molecule has 1 heterocycles. The summed E-state index contributed by atoms with van der Waals surface area (Å²) in [5.74, 6) is -0.488. The van der Waals surface area contributed by atoms with Gasteiger partial charge in [0.2, 0.25) is 21.8 Å². The van der Waals surface area contributed by atoms with E-state index < -0.39 is 10.0 Å². The molecule has 0 saturated carbocycles. The van der Waals surface area contributed by atoms with Crippen molar-refractivity contribution in [3.63, 3.8) is 0 Å². The third kappa shape index (κ3) is 3.86. The predicted molar refractivity (Wildman–Crippen MR) is 99.9 cm³/mol. The highest BCUT2D eigenvalue weighted by molar-refractivity contribution is 7.89. The van der Waals surface area contributed by atoms with Crippen LogP contribution >= 0.6 is 0 Å². The van der Waals surface area contributed by atoms with Crippen molar-refractivity contribution in [2.45, 2.75) is 31.2 Å². The van der Waals surface area contributed by atoms with Crippen LogP contribution in [0.1, 0.15) is 24.0 Å². The standard InChI is InChI=1S/C19H20N2O5S/c1-13-5-3-4-6-14(13)12-20-27(24,25)15-7-8-17(26-2)16(11-15)21-18(22)9-10-19(21)23/h3-8,11,20H,9-10,12H2,1-2H3. The van der Waals surface area contributed by atoms with Crippen LogP contribution in [0.4, 0.5) is 5.69 Å². The predicted octanol–water partition coefficient (Wildman–Crippen LogP) is 2.14. The van der Waals surface area contributed by atoms with E-state index in [2.05, 4.69) is 4.72 Å². The average molecular weight is 388 g/mol. The highest BCUT2D eigenvalue weighted by atomic mass is 32.2. The molecule has 2 aromatic carbocycles. The third-order valence-corrected chi connectivity index (χ3v) is 5.87. The van der Waals surface area contributed by atoms with Crippen molar-refractivity contribution in [2.24, 2.45) is 0 Å². The van der Waals surface area contributed by atoms with E-state index in [9.17, 15) is 18.0 Å². The molecule has 1 fully saturated rings. The molecule has 27 heavy (non-hydrogen) atoms. The van der Waals surface area contributed by atoms with Crippen LogP contribution < -0.4 is 14.4 Å². The Morgan fingerprint density at radius 3 is 2.37 bits per heavy atom. The molecule has 7 nitrogen and oxygen atoms in total. The molecule has 1 N–H and O–H groups in total. The van der Waals surface area contributed by atoms with Gasteiger partial charge in [-0.3, -0.25) is 9.59 Å². The van der Waals surface area contributed by atoms with Crippen molar-refractivity contribution < 1.29 is 22.7 Å². The van der Waals surface area contributed by atoms with Crippen LogP contribution in [0.15, 0.2) is 47.4 Å². The van der Waals surface area contributed by atoms with Crippen molar-refractivity contribution in [2.75, 3.05) is 12.0 Å². The number of rotatable bonds is 6. The monoisotopic (exact) mass is 388 g/mol. The molecule has 1 saturated heterocycles. The molecule has 0 aromatic heterocycles. The van der Waals surface area contributed by atoms with Crippen LogP contribution in [0.25, 0.3) is 0 Å². The number of anilines is 1. The molecular formula is C19H20N2O5S. The number of imide groups is 1. The summed E-state index contributed by atoms with van der Waals surface area (Å²) in [5.41, 5.74) is 1.98. The van der Waals surface area contributed by atoms with E-state index in [4.69, 9.17) is 4.74 Å². The van der Waals surface area contributed by atoms with Crippen molar-refractivity contribution in [1.29, 1.82) is 0 Å². The number of carbonyl (C=O) groups is 2. The summed E-state index contributed by atoms with van der Waals surface area (Å²) >= 11 is 0. The van der Waals surface area contributed by atoms with E-state index in [1.165, 1.54) is 25.3 Å². The van der Waals surface area contributed by atoms with Gasteiger partial charge in [0, 0.05) is 19.4 Å². The van der Waals surface area contributed by atoms with Gasteiger partial charge in [-0.2, -0.15) is 0 Å². The Morgan fingerprint density at radius 1 is 1.07 bits per heavy atom. The minimum atomic E-state index is -3.84. The highest BCUT2D eigenvalue weighted by Crippen LogP contribution is 2.34. The third-order valence-electron chi connectivity index (χ3n) is 4.47. The van der Waals surface area contributed by atoms with Crippen LogP contribution in [-0.2, 0) is 26.2 Å². The lowest BCUT2D eigenvalue weighted by Crippen LogP contribution is -2.30. The first-order valence-corrected chi connectivity index (χ1v) is 9.90. The minimum absolute atomic E-state index is 0.0422. The van der Waals surface area contributed by atoms with E-state index in [0.29, 0.717) is 0 Å². The Balaban J connectivity index is 1.92. The molecule has 0 aliphatic carbocycles. The fraction of sp³-hybridized carbons (Fsp3) is 0.263. The Bertz CT molecular complexity index is 985. The molecule has 8 heteroatoms. The van der Waals surface area contributed by atoms with E-state index in [-0.39, 0.29) is 47.5 Å². The first-order chi connectivity index (χ1) is 12.8. The van der Waals surface area contributed by atoms with Crippen molar-refractivity contribution in [3.05, 3.63) is 53.6 Å². The minimum Gasteiger partial charge on any atom is -0.495 e. The maximum absolute atomic E-state index is 12.7. The Labute approximate surface area is 158 Å². The van der Waals surface area contributed by atoms with E-state index in [0.717, 1.165) is 16.0 Å². The van der Waals surface area contributed by atoms with Crippen molar-refractivity contribution in [1.82, 2.24) is 4.72 Å². The second-order valence-electron chi connectivity index (χ2n) is 6.21. The molecule has 0 bridgehead atoms. The summed E-state index contributed by atoms with van der Waals surface area (Å²) < 4.78 is 33.2. The number of ether oxygens (including phenoxy) is 1. The van der Waals surface area contributed by atoms with Crippen LogP contribution in [0, 0.1) is 6.92 Å². The lowest BCUT2D eigenvalue weighted by Gasteiger charge is -2.18. The van der Waals surface area contributed by atoms with Gasteiger partial charge in [-0.1, -0.05) is 24.3 Å². The van der Waals surface area contributed by atoms with Gasteiger partial charge in [-0.15, -0.1) is 0 Å². The van der Waals surface area contributed by atoms with E-state index in [1.54, 1.807) is 0 Å². The molecule has 2 aromatic rings. The highest BCUT2D eigenvalue weighted by Gasteiger charge is 2.33. The second kappa shape index (κ2) is 7.50. The largest absolute Gasteiger partial charge is 0.495 e. The summed E-state index contributed by atoms with van der Waals surface area (Å²) in [6.07, 6.45) is 0.203. The zero-order valence-corrected chi connectivity index (χ0v) is 15.9. The molecule has 3 rings (SSSR count). The maximum atomic E-state index is 12.7. The van der Waals surface area contributed by atoms with Gasteiger partial charge < -0.3 is 4.74 Å². The van der Waals surface area contributed by atoms with Crippen molar-refractivity contribution >= 4 is 27.5 Å². The number of aryl methyl sites for hydroxylation is 1. The van der Waals surface area contributed by atoms with Gasteiger partial charge in [0.25, 0.3) is 0 Å². The van der Waals surface area contributed by atoms with Crippen LogP contribution in [-0.4, -0.2) is 27.3 Å². The SMILES string of the molecule is COc1ccc(S(=O)(=O)NCc2ccccc2C)cc1N1C(=O)CCC1=O. The number of methoxy groups -OCH3 is 1. The molecule has 1 aliphatic rings. The van der Waals surface area contributed by atoms with E-state index >= 15 is 0 Å². The van der Waals surface area contributed by atoms with Gasteiger partial charge in [-0.05, 0) is 36.2 Å². The normalized spacial score (nSPS) is 14.7. The van der Waals surface area contributed by atoms with Gasteiger partial charge in [0.05, 0.1) is 17.7 Å². The number of hydrogen-bond acceptors (Lipinski definition) is 5. The van der Waals surface area contributed by atoms with E-state index in [1.807, 2.05) is 31.2 Å². The van der Waals surface area contributed by atoms with Crippen LogP contribution in [0.5, 0.6) is 5.75 Å². The number of amides is 2. The van der Waals surface area contributed by atoms with Crippen LogP contribution in [0.2, 0.25) is 0 Å². The Morgan fingerprint density at radius 2 is 1.74 bits per heavy atom. The smallest absolute Gasteiger partial charge is 0.240 e. The summed E-state index contributed by atoms with van der Waals surface area (Å²) in [6.45, 7) is 2.04. The summed E-state index contributed by atoms with van der Waals surface area (Å²) in [6, 6.07) is 11.6. The first kappa shape index (κ1) is 19.1. The van der Waals surface area contributed by atoms with Crippen molar-refractivity contribution in [3.8, 4) is 5.75 Å². The maximum Gasteiger partial charge on any atom is 0.240 e. The number of hydrogen-bond donors (Lipinski definition) is 1. The summed E-state index contributed by atoms with van der Waals surface area (Å²) in [4.78, 5) is 25.0. The Kier molecular flexibility index (Phi) is 5.29. The van der Waals surface area contributed by atoms with Gasteiger partial charge >= 0.3 is 0 Å². The first-order valence-electron chi connectivity index (χ1n) is 8.41. The number of nitrogens with one attached hydrogen (secondary N) is 1. The molecule has 0 radical (unpaired) electrons. The fourth-order valence-corrected chi connectivity index (χ4v) is 3.95. The quantitative estimate of drug-likeness (QED) is 0.766. The summed E-state index contributed by atoms with van der Waals surface area (Å²) in [7, 11) is -2.44. The topological polar surface area (TPSA) is 92.8 Å². The van der Waals surface area contributed by atoms with Gasteiger partial charge in [0.1, 0.15) is 5.75 Å². The lowest BCUT2D eigenvalue weighted by molar-refractivity contribution is -0.121. The molecule has 0 unspecified atom stereocenters. The van der Waals surface area contributed by atoms with Crippen LogP contribution in [0.3, 0.4) is 0 Å². The second-order valence-corrected chi connectivity index (χ2v) is 7.97. The molecule has 1 aliphatic heterocycles. The Hall–Kier alpha value is -2.71. The summed E-state index contributed by atoms with van der Waals surface area (Å²) in [5, 5.41) is 0. The van der Waals surface area contributed by atoms with Gasteiger partial charge in [0.15, 0.2) is 0 Å². The number of benzene rings is 2. The zero-order valence-electron chi connectivity index (χ0n) is 15.1. The lowest BCUT2D eigenvalue weighted by atomic mass is 10.1. The zero-order chi connectivity index (χ0) is 19.6. The number of nitrogens with zero attached hydrogens (tertiary/aromatic N) is 1. The molecule has 2 amide bonds. The molecule has 0 spiro atoms. The average Bonchev–Trinajstić information content (AvgIpc) is 2.98. The molecule has 0 atom stereocenters. The van der Waals surface area contributed by atoms with Gasteiger partial charge in [-0.25, -0.2) is 18.0 Å².